The highest BCUT2D eigenvalue weighted by Crippen LogP contribution is 2.31. The molecule has 0 saturated carbocycles. The van der Waals surface area contributed by atoms with E-state index in [1.54, 1.807) is 0 Å². The lowest BCUT2D eigenvalue weighted by Crippen LogP contribution is -2.31. The molecule has 1 atom stereocenters. The van der Waals surface area contributed by atoms with Crippen molar-refractivity contribution in [2.24, 2.45) is 0 Å². The fourth-order valence-electron chi connectivity index (χ4n) is 4.49. The summed E-state index contributed by atoms with van der Waals surface area (Å²) >= 11 is 0. The molecule has 32 heavy (non-hydrogen) atoms. The smallest absolute Gasteiger partial charge is 0.0723 e. The first-order valence-corrected chi connectivity index (χ1v) is 11.3. The van der Waals surface area contributed by atoms with Crippen molar-refractivity contribution in [3.05, 3.63) is 84.6 Å². The molecule has 5 rings (SSSR count). The number of anilines is 3. The predicted octanol–water partition coefficient (Wildman–Crippen LogP) is 6.09. The van der Waals surface area contributed by atoms with E-state index in [9.17, 15) is 0 Å². The molecule has 1 unspecified atom stereocenters. The number of aryl methyl sites for hydroxylation is 1. The Morgan fingerprint density at radius 1 is 0.906 bits per heavy atom. The number of pyridine rings is 1. The van der Waals surface area contributed by atoms with Crippen LogP contribution in [0.2, 0.25) is 0 Å². The lowest BCUT2D eigenvalue weighted by molar-refractivity contribution is 0.315. The number of hydrogen-bond donors (Lipinski definition) is 1. The minimum atomic E-state index is 0.638. The molecular formula is C28H30N4. The highest BCUT2D eigenvalue weighted by Gasteiger charge is 2.23. The van der Waals surface area contributed by atoms with Crippen molar-refractivity contribution in [3.63, 3.8) is 0 Å². The molecule has 1 aliphatic rings. The Bertz CT molecular complexity index is 1210. The fourth-order valence-corrected chi connectivity index (χ4v) is 4.49. The summed E-state index contributed by atoms with van der Waals surface area (Å²) in [7, 11) is 4.34. The van der Waals surface area contributed by atoms with Gasteiger partial charge >= 0.3 is 0 Å². The van der Waals surface area contributed by atoms with Gasteiger partial charge in [0.1, 0.15) is 0 Å². The van der Waals surface area contributed by atoms with Crippen molar-refractivity contribution in [2.75, 3.05) is 37.4 Å². The number of likely N-dealkylation sites (N-methyl/N-ethyl adjacent to an activating group) is 1. The van der Waals surface area contributed by atoms with E-state index in [-0.39, 0.29) is 0 Å². The Hall–Kier alpha value is -3.37. The first-order valence-electron chi connectivity index (χ1n) is 11.3. The quantitative estimate of drug-likeness (QED) is 0.421. The molecule has 1 aromatic heterocycles. The third-order valence-electron chi connectivity index (χ3n) is 6.53. The van der Waals surface area contributed by atoms with Crippen molar-refractivity contribution in [3.8, 4) is 11.1 Å². The molecule has 0 amide bonds. The first kappa shape index (κ1) is 20.5. The second-order valence-corrected chi connectivity index (χ2v) is 8.98. The van der Waals surface area contributed by atoms with Crippen LogP contribution in [0.3, 0.4) is 0 Å². The molecule has 162 valence electrons. The van der Waals surface area contributed by atoms with Crippen molar-refractivity contribution in [2.45, 2.75) is 19.4 Å². The molecule has 1 saturated heterocycles. The molecule has 1 N–H and O–H groups in total. The van der Waals surface area contributed by atoms with Crippen molar-refractivity contribution < 1.29 is 0 Å². The molecule has 0 radical (unpaired) electrons. The minimum Gasteiger partial charge on any atom is -0.370 e. The summed E-state index contributed by atoms with van der Waals surface area (Å²) in [6.07, 6.45) is 3.09. The third kappa shape index (κ3) is 4.19. The maximum atomic E-state index is 4.57. The van der Waals surface area contributed by atoms with E-state index >= 15 is 0 Å². The molecule has 4 nitrogen and oxygen atoms in total. The average Bonchev–Trinajstić information content (AvgIpc) is 3.31. The number of nitrogens with zero attached hydrogens (tertiary/aromatic N) is 3. The summed E-state index contributed by atoms with van der Waals surface area (Å²) in [4.78, 5) is 9.37. The van der Waals surface area contributed by atoms with E-state index < -0.39 is 0 Å². The largest absolute Gasteiger partial charge is 0.370 e. The van der Waals surface area contributed by atoms with Gasteiger partial charge in [0.25, 0.3) is 0 Å². The van der Waals surface area contributed by atoms with Gasteiger partial charge in [-0.25, -0.2) is 0 Å². The molecule has 3 aromatic carbocycles. The van der Waals surface area contributed by atoms with Gasteiger partial charge in [0.05, 0.1) is 5.52 Å². The van der Waals surface area contributed by atoms with E-state index in [0.717, 1.165) is 35.4 Å². The normalized spacial score (nSPS) is 16.1. The van der Waals surface area contributed by atoms with Crippen LogP contribution in [-0.2, 0) is 0 Å². The molecule has 0 spiro atoms. The molecule has 0 aliphatic carbocycles. The van der Waals surface area contributed by atoms with E-state index in [0.29, 0.717) is 6.04 Å². The molecule has 4 aromatic rings. The predicted molar refractivity (Wildman–Crippen MR) is 136 cm³/mol. The maximum Gasteiger partial charge on any atom is 0.0723 e. The number of benzene rings is 3. The van der Waals surface area contributed by atoms with Gasteiger partial charge in [-0.2, -0.15) is 0 Å². The van der Waals surface area contributed by atoms with E-state index in [2.05, 4.69) is 114 Å². The van der Waals surface area contributed by atoms with Crippen LogP contribution in [0.1, 0.15) is 12.0 Å². The number of nitrogens with one attached hydrogen (secondary N) is 1. The van der Waals surface area contributed by atoms with Crippen LogP contribution < -0.4 is 10.2 Å². The van der Waals surface area contributed by atoms with Gasteiger partial charge in [0, 0.05) is 47.8 Å². The Kier molecular flexibility index (Phi) is 5.54. The monoisotopic (exact) mass is 422 g/mol. The molecule has 4 heteroatoms. The molecule has 2 heterocycles. The SMILES string of the molecule is Cc1ccc(-c2ccc3nccc(Nc4ccc(N5CCC(N(C)C)C5)cc4)c3c2)cc1. The van der Waals surface area contributed by atoms with Crippen molar-refractivity contribution in [1.82, 2.24) is 9.88 Å². The maximum absolute atomic E-state index is 4.57. The number of fused-ring (bicyclic) bond motifs is 1. The summed E-state index contributed by atoms with van der Waals surface area (Å²) in [6.45, 7) is 4.33. The second-order valence-electron chi connectivity index (χ2n) is 8.98. The van der Waals surface area contributed by atoms with Gasteiger partial charge in [-0.3, -0.25) is 4.98 Å². The van der Waals surface area contributed by atoms with E-state index in [4.69, 9.17) is 0 Å². The highest BCUT2D eigenvalue weighted by molar-refractivity contribution is 5.95. The molecule has 1 aliphatic heterocycles. The zero-order valence-corrected chi connectivity index (χ0v) is 19.0. The lowest BCUT2D eigenvalue weighted by Gasteiger charge is -2.22. The standard InChI is InChI=1S/C28H30N4/c1-20-4-6-21(7-5-20)22-8-13-27-26(18-22)28(14-16-29-27)30-23-9-11-24(12-10-23)32-17-15-25(19-32)31(2)3/h4-14,16,18,25H,15,17,19H2,1-3H3,(H,29,30). The number of hydrogen-bond acceptors (Lipinski definition) is 4. The van der Waals surface area contributed by atoms with Gasteiger partial charge in [-0.05, 0) is 81.0 Å². The van der Waals surface area contributed by atoms with E-state index in [1.165, 1.54) is 28.8 Å². The van der Waals surface area contributed by atoms with Crippen molar-refractivity contribution >= 4 is 28.0 Å². The van der Waals surface area contributed by atoms with Crippen LogP contribution in [0.5, 0.6) is 0 Å². The van der Waals surface area contributed by atoms with Crippen LogP contribution in [-0.4, -0.2) is 43.1 Å². The zero-order chi connectivity index (χ0) is 22.1. The Balaban J connectivity index is 1.39. The highest BCUT2D eigenvalue weighted by atomic mass is 15.2. The topological polar surface area (TPSA) is 31.4 Å². The molecule has 0 bridgehead atoms. The van der Waals surface area contributed by atoms with Crippen molar-refractivity contribution in [1.29, 1.82) is 0 Å². The Morgan fingerprint density at radius 3 is 2.38 bits per heavy atom. The summed E-state index contributed by atoms with van der Waals surface area (Å²) < 4.78 is 0. The average molecular weight is 423 g/mol. The Labute approximate surface area is 190 Å². The first-order chi connectivity index (χ1) is 15.6. The molecular weight excluding hydrogens is 392 g/mol. The van der Waals surface area contributed by atoms with Crippen LogP contribution in [0, 0.1) is 6.92 Å². The number of aromatic nitrogens is 1. The zero-order valence-electron chi connectivity index (χ0n) is 19.0. The van der Waals surface area contributed by atoms with E-state index in [1.807, 2.05) is 6.20 Å². The van der Waals surface area contributed by atoms with Crippen LogP contribution in [0.4, 0.5) is 17.1 Å². The van der Waals surface area contributed by atoms with Gasteiger partial charge in [0.15, 0.2) is 0 Å². The summed E-state index contributed by atoms with van der Waals surface area (Å²) in [5.41, 5.74) is 8.14. The Morgan fingerprint density at radius 2 is 1.66 bits per heavy atom. The number of rotatable bonds is 5. The summed E-state index contributed by atoms with van der Waals surface area (Å²) in [6, 6.07) is 26.6. The lowest BCUT2D eigenvalue weighted by atomic mass is 10.0. The second kappa shape index (κ2) is 8.64. The van der Waals surface area contributed by atoms with Gasteiger partial charge < -0.3 is 15.1 Å². The summed E-state index contributed by atoms with van der Waals surface area (Å²) in [5, 5.41) is 4.74. The van der Waals surface area contributed by atoms with Gasteiger partial charge in [-0.1, -0.05) is 35.9 Å². The third-order valence-corrected chi connectivity index (χ3v) is 6.53. The molecule has 1 fully saturated rings. The van der Waals surface area contributed by atoms with Gasteiger partial charge in [0.2, 0.25) is 0 Å². The van der Waals surface area contributed by atoms with Gasteiger partial charge in [-0.15, -0.1) is 0 Å². The minimum absolute atomic E-state index is 0.638. The fraction of sp³-hybridized carbons (Fsp3) is 0.250. The van der Waals surface area contributed by atoms with Crippen LogP contribution in [0.15, 0.2) is 79.0 Å². The van der Waals surface area contributed by atoms with Crippen LogP contribution in [0.25, 0.3) is 22.0 Å². The van der Waals surface area contributed by atoms with Crippen LogP contribution >= 0.6 is 0 Å². The summed E-state index contributed by atoms with van der Waals surface area (Å²) in [5.74, 6) is 0.